The number of nitrogens with one attached hydrogen (secondary N) is 1. The second-order valence-electron chi connectivity index (χ2n) is 7.34. The van der Waals surface area contributed by atoms with E-state index in [1.807, 2.05) is 24.3 Å². The van der Waals surface area contributed by atoms with Crippen molar-refractivity contribution in [2.24, 2.45) is 0 Å². The summed E-state index contributed by atoms with van der Waals surface area (Å²) in [6, 6.07) is 12.1. The van der Waals surface area contributed by atoms with E-state index in [0.717, 1.165) is 18.4 Å². The molecule has 0 spiro atoms. The van der Waals surface area contributed by atoms with Gasteiger partial charge in [0.2, 0.25) is 10.0 Å². The number of amides is 1. The molecule has 6 nitrogen and oxygen atoms in total. The maximum absolute atomic E-state index is 13.2. The zero-order chi connectivity index (χ0) is 20.4. The molecule has 2 aromatic rings. The number of ether oxygens (including phenoxy) is 1. The Hall–Kier alpha value is -1.93. The van der Waals surface area contributed by atoms with Crippen molar-refractivity contribution in [1.82, 2.24) is 9.62 Å². The zero-order valence-corrected chi connectivity index (χ0v) is 17.5. The standard InChI is InChI=1S/C21H23ClN2O4S/c22-20-8-7-18(12-19(20)21(25)23-13-17-6-3-11-28-17)29(26,27)24-10-9-15-4-1-2-5-16(15)14-24/h1-2,4-5,7-8,12,17H,3,6,9-11,13-14H2,(H,23,25)/t17-/m0/s1. The van der Waals surface area contributed by atoms with E-state index in [0.29, 0.717) is 32.7 Å². The summed E-state index contributed by atoms with van der Waals surface area (Å²) in [6.45, 7) is 1.81. The molecule has 0 aromatic heterocycles. The minimum absolute atomic E-state index is 0.00180. The van der Waals surface area contributed by atoms with Crippen LogP contribution < -0.4 is 5.32 Å². The summed E-state index contributed by atoms with van der Waals surface area (Å²) < 4.78 is 33.3. The van der Waals surface area contributed by atoms with Gasteiger partial charge in [-0.15, -0.1) is 0 Å². The van der Waals surface area contributed by atoms with E-state index >= 15 is 0 Å². The van der Waals surface area contributed by atoms with Crippen molar-refractivity contribution in [1.29, 1.82) is 0 Å². The van der Waals surface area contributed by atoms with Crippen molar-refractivity contribution in [3.8, 4) is 0 Å². The van der Waals surface area contributed by atoms with Crippen LogP contribution in [0.4, 0.5) is 0 Å². The van der Waals surface area contributed by atoms with E-state index < -0.39 is 15.9 Å². The summed E-state index contributed by atoms with van der Waals surface area (Å²) >= 11 is 6.19. The Balaban J connectivity index is 1.53. The number of hydrogen-bond acceptors (Lipinski definition) is 4. The van der Waals surface area contributed by atoms with Gasteiger partial charge in [-0.25, -0.2) is 8.42 Å². The molecule has 0 bridgehead atoms. The Morgan fingerprint density at radius 2 is 2.00 bits per heavy atom. The maximum atomic E-state index is 13.2. The summed E-state index contributed by atoms with van der Waals surface area (Å²) in [5.41, 5.74) is 2.33. The second-order valence-corrected chi connectivity index (χ2v) is 9.69. The predicted octanol–water partition coefficient (Wildman–Crippen LogP) is 3.00. The summed E-state index contributed by atoms with van der Waals surface area (Å²) in [5, 5.41) is 3.02. The molecule has 8 heteroatoms. The molecule has 0 radical (unpaired) electrons. The molecular weight excluding hydrogens is 412 g/mol. The molecule has 0 saturated carbocycles. The first-order chi connectivity index (χ1) is 13.9. The molecule has 4 rings (SSSR count). The third-order valence-corrected chi connectivity index (χ3v) is 7.60. The summed E-state index contributed by atoms with van der Waals surface area (Å²) in [7, 11) is -3.74. The SMILES string of the molecule is O=C(NC[C@@H]1CCCO1)c1cc(S(=O)(=O)N2CCc3ccccc3C2)ccc1Cl. The first-order valence-corrected chi connectivity index (χ1v) is 11.5. The van der Waals surface area contributed by atoms with E-state index in [-0.39, 0.29) is 21.6 Å². The van der Waals surface area contributed by atoms with E-state index in [9.17, 15) is 13.2 Å². The van der Waals surface area contributed by atoms with Gasteiger partial charge in [-0.1, -0.05) is 35.9 Å². The molecule has 2 aliphatic rings. The van der Waals surface area contributed by atoms with Gasteiger partial charge in [0.1, 0.15) is 0 Å². The lowest BCUT2D eigenvalue weighted by molar-refractivity contribution is 0.0857. The number of halogens is 1. The molecule has 1 fully saturated rings. The van der Waals surface area contributed by atoms with Gasteiger partial charge in [-0.3, -0.25) is 4.79 Å². The van der Waals surface area contributed by atoms with Crippen LogP contribution in [0.3, 0.4) is 0 Å². The second kappa shape index (κ2) is 8.44. The van der Waals surface area contributed by atoms with Gasteiger partial charge in [0.15, 0.2) is 0 Å². The molecule has 1 N–H and O–H groups in total. The third kappa shape index (κ3) is 4.33. The molecule has 2 heterocycles. The van der Waals surface area contributed by atoms with Crippen molar-refractivity contribution in [3.63, 3.8) is 0 Å². The van der Waals surface area contributed by atoms with Crippen LogP contribution in [-0.2, 0) is 27.7 Å². The van der Waals surface area contributed by atoms with Crippen molar-refractivity contribution in [2.75, 3.05) is 19.7 Å². The highest BCUT2D eigenvalue weighted by Gasteiger charge is 2.29. The molecule has 2 aromatic carbocycles. The monoisotopic (exact) mass is 434 g/mol. The van der Waals surface area contributed by atoms with Crippen LogP contribution in [0.5, 0.6) is 0 Å². The molecule has 1 amide bonds. The molecule has 0 aliphatic carbocycles. The van der Waals surface area contributed by atoms with Gasteiger partial charge < -0.3 is 10.1 Å². The molecule has 154 valence electrons. The van der Waals surface area contributed by atoms with Crippen LogP contribution in [-0.4, -0.2) is 44.4 Å². The van der Waals surface area contributed by atoms with Crippen molar-refractivity contribution >= 4 is 27.5 Å². The zero-order valence-electron chi connectivity index (χ0n) is 15.9. The van der Waals surface area contributed by atoms with Gasteiger partial charge in [0, 0.05) is 26.2 Å². The molecule has 1 saturated heterocycles. The normalized spacial score (nSPS) is 19.7. The summed E-state index contributed by atoms with van der Waals surface area (Å²) in [4.78, 5) is 12.7. The van der Waals surface area contributed by atoms with Crippen molar-refractivity contribution in [2.45, 2.75) is 36.8 Å². The average Bonchev–Trinajstić information content (AvgIpc) is 3.25. The fraction of sp³-hybridized carbons (Fsp3) is 0.381. The number of nitrogens with zero attached hydrogens (tertiary/aromatic N) is 1. The Bertz CT molecular complexity index is 1020. The third-order valence-electron chi connectivity index (χ3n) is 5.43. The number of fused-ring (bicyclic) bond motifs is 1. The maximum Gasteiger partial charge on any atom is 0.252 e. The lowest BCUT2D eigenvalue weighted by Crippen LogP contribution is -2.36. The number of carbonyl (C=O) groups is 1. The van der Waals surface area contributed by atoms with Crippen molar-refractivity contribution < 1.29 is 17.9 Å². The smallest absolute Gasteiger partial charge is 0.252 e. The number of hydrogen-bond donors (Lipinski definition) is 1. The lowest BCUT2D eigenvalue weighted by atomic mass is 10.0. The fourth-order valence-electron chi connectivity index (χ4n) is 3.77. The van der Waals surface area contributed by atoms with E-state index in [1.54, 1.807) is 0 Å². The Labute approximate surface area is 175 Å². The van der Waals surface area contributed by atoms with Gasteiger partial charge in [0.25, 0.3) is 5.91 Å². The number of benzene rings is 2. The minimum atomic E-state index is -3.74. The van der Waals surface area contributed by atoms with Gasteiger partial charge in [0.05, 0.1) is 21.6 Å². The van der Waals surface area contributed by atoms with Crippen LogP contribution in [0.25, 0.3) is 0 Å². The topological polar surface area (TPSA) is 75.7 Å². The van der Waals surface area contributed by atoms with Crippen LogP contribution in [0.15, 0.2) is 47.4 Å². The van der Waals surface area contributed by atoms with E-state index in [2.05, 4.69) is 5.32 Å². The molecule has 0 unspecified atom stereocenters. The fourth-order valence-corrected chi connectivity index (χ4v) is 5.42. The highest BCUT2D eigenvalue weighted by molar-refractivity contribution is 7.89. The Morgan fingerprint density at radius 1 is 1.21 bits per heavy atom. The van der Waals surface area contributed by atoms with Crippen LogP contribution in [0, 0.1) is 0 Å². The summed E-state index contributed by atoms with van der Waals surface area (Å²) in [5.74, 6) is -0.397. The average molecular weight is 435 g/mol. The summed E-state index contributed by atoms with van der Waals surface area (Å²) in [6.07, 6.45) is 2.54. The van der Waals surface area contributed by atoms with Gasteiger partial charge in [-0.05, 0) is 48.6 Å². The minimum Gasteiger partial charge on any atom is -0.376 e. The van der Waals surface area contributed by atoms with Crippen LogP contribution >= 0.6 is 11.6 Å². The highest BCUT2D eigenvalue weighted by atomic mass is 35.5. The van der Waals surface area contributed by atoms with Gasteiger partial charge >= 0.3 is 0 Å². The largest absolute Gasteiger partial charge is 0.376 e. The lowest BCUT2D eigenvalue weighted by Gasteiger charge is -2.28. The van der Waals surface area contributed by atoms with E-state index in [1.165, 1.54) is 28.1 Å². The van der Waals surface area contributed by atoms with E-state index in [4.69, 9.17) is 16.3 Å². The van der Waals surface area contributed by atoms with Gasteiger partial charge in [-0.2, -0.15) is 4.31 Å². The molecular formula is C21H23ClN2O4S. The Morgan fingerprint density at radius 3 is 2.76 bits per heavy atom. The Kier molecular flexibility index (Phi) is 5.92. The molecule has 2 aliphatic heterocycles. The molecule has 1 atom stereocenters. The first kappa shape index (κ1) is 20.3. The first-order valence-electron chi connectivity index (χ1n) is 9.71. The van der Waals surface area contributed by atoms with Crippen molar-refractivity contribution in [3.05, 3.63) is 64.2 Å². The number of sulfonamides is 1. The van der Waals surface area contributed by atoms with Crippen LogP contribution in [0.2, 0.25) is 5.02 Å². The number of carbonyl (C=O) groups excluding carboxylic acids is 1. The molecule has 29 heavy (non-hydrogen) atoms. The quantitative estimate of drug-likeness (QED) is 0.784. The highest BCUT2D eigenvalue weighted by Crippen LogP contribution is 2.27. The number of rotatable bonds is 5. The predicted molar refractivity (Wildman–Crippen MR) is 111 cm³/mol. The van der Waals surface area contributed by atoms with Crippen LogP contribution in [0.1, 0.15) is 34.3 Å².